The van der Waals surface area contributed by atoms with Gasteiger partial charge in [0.1, 0.15) is 0 Å². The number of aryl methyl sites for hydroxylation is 1. The molecule has 1 saturated heterocycles. The van der Waals surface area contributed by atoms with Crippen LogP contribution in [0.5, 0.6) is 0 Å². The Balaban J connectivity index is 1.23. The third-order valence-corrected chi connectivity index (χ3v) is 5.89. The molecular formula is C21H23N3OS. The van der Waals surface area contributed by atoms with Crippen molar-refractivity contribution in [3.8, 4) is 0 Å². The number of hydrogen-bond acceptors (Lipinski definition) is 4. The number of hydrogen-bond donors (Lipinski definition) is 1. The molecule has 1 atom stereocenters. The molecule has 2 aromatic carbocycles. The lowest BCUT2D eigenvalue weighted by Crippen LogP contribution is -2.37. The Bertz CT molecular complexity index is 844. The molecule has 1 fully saturated rings. The van der Waals surface area contributed by atoms with Crippen LogP contribution in [0.4, 0.5) is 0 Å². The molecule has 0 bridgehead atoms. The van der Waals surface area contributed by atoms with Gasteiger partial charge in [-0.25, -0.2) is 4.98 Å². The molecule has 2 heterocycles. The molecule has 1 aromatic heterocycles. The summed E-state index contributed by atoms with van der Waals surface area (Å²) in [5.41, 5.74) is 2.36. The molecule has 1 amide bonds. The van der Waals surface area contributed by atoms with Crippen LogP contribution in [0.3, 0.4) is 0 Å². The van der Waals surface area contributed by atoms with E-state index in [0.29, 0.717) is 12.8 Å². The Kier molecular flexibility index (Phi) is 5.27. The predicted molar refractivity (Wildman–Crippen MR) is 106 cm³/mol. The van der Waals surface area contributed by atoms with Crippen LogP contribution in [0.25, 0.3) is 10.2 Å². The van der Waals surface area contributed by atoms with E-state index in [1.807, 2.05) is 24.3 Å². The van der Waals surface area contributed by atoms with E-state index in [2.05, 4.69) is 45.5 Å². The lowest BCUT2D eigenvalue weighted by atomic mass is 10.2. The molecule has 0 spiro atoms. The van der Waals surface area contributed by atoms with Crippen LogP contribution in [0.15, 0.2) is 54.6 Å². The lowest BCUT2D eigenvalue weighted by molar-refractivity contribution is -0.121. The van der Waals surface area contributed by atoms with Crippen molar-refractivity contribution in [3.05, 3.63) is 65.2 Å². The number of carbonyl (C=O) groups excluding carboxylic acids is 1. The molecule has 4 nitrogen and oxygen atoms in total. The van der Waals surface area contributed by atoms with Crippen molar-refractivity contribution in [2.45, 2.75) is 31.8 Å². The van der Waals surface area contributed by atoms with Gasteiger partial charge >= 0.3 is 0 Å². The smallest absolute Gasteiger partial charge is 0.220 e. The number of likely N-dealkylation sites (tertiary alicyclic amines) is 1. The molecule has 5 heteroatoms. The van der Waals surface area contributed by atoms with Crippen LogP contribution < -0.4 is 5.32 Å². The fourth-order valence-electron chi connectivity index (χ4n) is 3.48. The SMILES string of the molecule is O=C(CCc1nc2ccccc2s1)N[C@@H]1CCN(Cc2ccccc2)C1. The Morgan fingerprint density at radius 2 is 1.96 bits per heavy atom. The summed E-state index contributed by atoms with van der Waals surface area (Å²) in [5.74, 6) is 0.135. The second-order valence-corrected chi connectivity index (χ2v) is 7.96. The molecule has 1 aliphatic rings. The Hall–Kier alpha value is -2.24. The van der Waals surface area contributed by atoms with Gasteiger partial charge in [0.15, 0.2) is 0 Å². The first-order valence-corrected chi connectivity index (χ1v) is 9.98. The highest BCUT2D eigenvalue weighted by Crippen LogP contribution is 2.22. The molecule has 26 heavy (non-hydrogen) atoms. The summed E-state index contributed by atoms with van der Waals surface area (Å²) in [6.45, 7) is 2.93. The molecular weight excluding hydrogens is 342 g/mol. The standard InChI is InChI=1S/C21H23N3OS/c25-20(10-11-21-23-18-8-4-5-9-19(18)26-21)22-17-12-13-24(15-17)14-16-6-2-1-3-7-16/h1-9,17H,10-15H2,(H,22,25)/t17-/m1/s1. The summed E-state index contributed by atoms with van der Waals surface area (Å²) in [6.07, 6.45) is 2.25. The fourth-order valence-corrected chi connectivity index (χ4v) is 4.45. The zero-order chi connectivity index (χ0) is 17.8. The van der Waals surface area contributed by atoms with Crippen LogP contribution in [0, 0.1) is 0 Å². The van der Waals surface area contributed by atoms with Gasteiger partial charge in [-0.3, -0.25) is 9.69 Å². The number of amides is 1. The molecule has 0 aliphatic carbocycles. The summed E-state index contributed by atoms with van der Waals surface area (Å²) in [5, 5.41) is 4.24. The minimum atomic E-state index is 0.135. The Morgan fingerprint density at radius 3 is 2.81 bits per heavy atom. The first kappa shape index (κ1) is 17.2. The van der Waals surface area contributed by atoms with E-state index >= 15 is 0 Å². The number of rotatable bonds is 6. The van der Waals surface area contributed by atoms with E-state index in [-0.39, 0.29) is 11.9 Å². The van der Waals surface area contributed by atoms with E-state index in [4.69, 9.17) is 0 Å². The average Bonchev–Trinajstić information content (AvgIpc) is 3.27. The highest BCUT2D eigenvalue weighted by atomic mass is 32.1. The molecule has 3 aromatic rings. The van der Waals surface area contributed by atoms with Crippen LogP contribution in [-0.4, -0.2) is 34.9 Å². The van der Waals surface area contributed by atoms with Gasteiger partial charge in [-0.15, -0.1) is 11.3 Å². The second kappa shape index (κ2) is 7.98. The summed E-state index contributed by atoms with van der Waals surface area (Å²) in [4.78, 5) is 19.3. The zero-order valence-corrected chi connectivity index (χ0v) is 15.5. The number of thiazole rings is 1. The van der Waals surface area contributed by atoms with Crippen molar-refractivity contribution < 1.29 is 4.79 Å². The second-order valence-electron chi connectivity index (χ2n) is 6.85. The maximum absolute atomic E-state index is 12.3. The molecule has 1 aliphatic heterocycles. The first-order chi connectivity index (χ1) is 12.8. The molecule has 0 radical (unpaired) electrons. The highest BCUT2D eigenvalue weighted by molar-refractivity contribution is 7.18. The van der Waals surface area contributed by atoms with Crippen molar-refractivity contribution in [2.24, 2.45) is 0 Å². The minimum Gasteiger partial charge on any atom is -0.352 e. The highest BCUT2D eigenvalue weighted by Gasteiger charge is 2.23. The molecule has 134 valence electrons. The molecule has 4 rings (SSSR count). The summed E-state index contributed by atoms with van der Waals surface area (Å²) >= 11 is 1.68. The van der Waals surface area contributed by atoms with Crippen LogP contribution >= 0.6 is 11.3 Å². The molecule has 0 saturated carbocycles. The van der Waals surface area contributed by atoms with Gasteiger partial charge in [0, 0.05) is 38.5 Å². The zero-order valence-electron chi connectivity index (χ0n) is 14.7. The normalized spacial score (nSPS) is 17.6. The topological polar surface area (TPSA) is 45.2 Å². The van der Waals surface area contributed by atoms with Gasteiger partial charge in [-0.2, -0.15) is 0 Å². The number of nitrogens with zero attached hydrogens (tertiary/aromatic N) is 2. The van der Waals surface area contributed by atoms with E-state index in [1.54, 1.807) is 11.3 Å². The van der Waals surface area contributed by atoms with Gasteiger partial charge in [0.05, 0.1) is 15.2 Å². The van der Waals surface area contributed by atoms with Crippen LogP contribution in [-0.2, 0) is 17.8 Å². The largest absolute Gasteiger partial charge is 0.352 e. The number of carbonyl (C=O) groups is 1. The van der Waals surface area contributed by atoms with E-state index in [0.717, 1.165) is 36.6 Å². The molecule has 1 N–H and O–H groups in total. The fraction of sp³-hybridized carbons (Fsp3) is 0.333. The third kappa shape index (κ3) is 4.29. The average molecular weight is 366 g/mol. The number of fused-ring (bicyclic) bond motifs is 1. The van der Waals surface area contributed by atoms with Crippen molar-refractivity contribution in [2.75, 3.05) is 13.1 Å². The van der Waals surface area contributed by atoms with E-state index in [9.17, 15) is 4.79 Å². The Morgan fingerprint density at radius 1 is 1.15 bits per heavy atom. The Labute approximate surface area is 157 Å². The van der Waals surface area contributed by atoms with Gasteiger partial charge in [0.25, 0.3) is 0 Å². The third-order valence-electron chi connectivity index (χ3n) is 4.79. The maximum Gasteiger partial charge on any atom is 0.220 e. The monoisotopic (exact) mass is 365 g/mol. The van der Waals surface area contributed by atoms with Gasteiger partial charge in [0.2, 0.25) is 5.91 Å². The lowest BCUT2D eigenvalue weighted by Gasteiger charge is -2.16. The first-order valence-electron chi connectivity index (χ1n) is 9.16. The van der Waals surface area contributed by atoms with E-state index < -0.39 is 0 Å². The van der Waals surface area contributed by atoms with Gasteiger partial charge in [-0.1, -0.05) is 42.5 Å². The van der Waals surface area contributed by atoms with Crippen molar-refractivity contribution in [1.29, 1.82) is 0 Å². The number of benzene rings is 2. The van der Waals surface area contributed by atoms with Crippen molar-refractivity contribution in [1.82, 2.24) is 15.2 Å². The van der Waals surface area contributed by atoms with Gasteiger partial charge in [-0.05, 0) is 24.1 Å². The maximum atomic E-state index is 12.3. The van der Waals surface area contributed by atoms with Crippen molar-refractivity contribution in [3.63, 3.8) is 0 Å². The van der Waals surface area contributed by atoms with Crippen LogP contribution in [0.1, 0.15) is 23.4 Å². The van der Waals surface area contributed by atoms with Crippen LogP contribution in [0.2, 0.25) is 0 Å². The number of aromatic nitrogens is 1. The predicted octanol–water partition coefficient (Wildman–Crippen LogP) is 3.62. The minimum absolute atomic E-state index is 0.135. The quantitative estimate of drug-likeness (QED) is 0.726. The van der Waals surface area contributed by atoms with Gasteiger partial charge < -0.3 is 5.32 Å². The number of para-hydroxylation sites is 1. The number of nitrogens with one attached hydrogen (secondary N) is 1. The summed E-state index contributed by atoms with van der Waals surface area (Å²) < 4.78 is 1.19. The summed E-state index contributed by atoms with van der Waals surface area (Å²) in [6, 6.07) is 18.9. The van der Waals surface area contributed by atoms with Crippen molar-refractivity contribution >= 4 is 27.5 Å². The van der Waals surface area contributed by atoms with E-state index in [1.165, 1.54) is 10.3 Å². The molecule has 0 unspecified atom stereocenters. The summed E-state index contributed by atoms with van der Waals surface area (Å²) in [7, 11) is 0.